The zero-order valence-corrected chi connectivity index (χ0v) is 10.8. The number of halogens is 1. The molecule has 0 atom stereocenters. The summed E-state index contributed by atoms with van der Waals surface area (Å²) in [6.07, 6.45) is 0. The molecular weight excluding hydrogens is 244 g/mol. The molecule has 0 aliphatic heterocycles. The molecule has 0 aliphatic rings. The lowest BCUT2D eigenvalue weighted by atomic mass is 10.4. The van der Waals surface area contributed by atoms with Crippen molar-refractivity contribution in [3.8, 4) is 0 Å². The van der Waals surface area contributed by atoms with Crippen molar-refractivity contribution in [3.05, 3.63) is 21.2 Å². The summed E-state index contributed by atoms with van der Waals surface area (Å²) < 4.78 is 1.30. The van der Waals surface area contributed by atoms with Gasteiger partial charge < -0.3 is 10.6 Å². The third-order valence-electron chi connectivity index (χ3n) is 2.27. The molecule has 1 rings (SSSR count). The van der Waals surface area contributed by atoms with Crippen molar-refractivity contribution in [2.24, 2.45) is 0 Å². The van der Waals surface area contributed by atoms with E-state index in [0.29, 0.717) is 12.2 Å². The zero-order valence-electron chi connectivity index (χ0n) is 10.0. The molecule has 0 aliphatic carbocycles. The van der Waals surface area contributed by atoms with Crippen molar-refractivity contribution in [1.29, 1.82) is 0 Å². The van der Waals surface area contributed by atoms with Crippen LogP contribution in [0.3, 0.4) is 0 Å². The van der Waals surface area contributed by atoms with Crippen LogP contribution in [0.2, 0.25) is 5.15 Å². The van der Waals surface area contributed by atoms with Crippen LogP contribution in [0.4, 0.5) is 5.82 Å². The van der Waals surface area contributed by atoms with Gasteiger partial charge in [-0.25, -0.2) is 4.98 Å². The Labute approximate surface area is 104 Å². The maximum absolute atomic E-state index is 11.9. The Morgan fingerprint density at radius 2 is 2.18 bits per heavy atom. The molecular formula is C10H15ClN4O2. The fourth-order valence-corrected chi connectivity index (χ4v) is 1.55. The molecule has 0 aromatic carbocycles. The molecule has 94 valence electrons. The van der Waals surface area contributed by atoms with Gasteiger partial charge in [-0.2, -0.15) is 0 Å². The molecule has 0 saturated carbocycles. The standard InChI is InChI=1S/C10H15ClN4O2/c1-4-13-7(16)5-15-6(2)8(11)14-9(12-3)10(15)17/h4-5H2,1-3H3,(H,12,14)(H,13,16). The topological polar surface area (TPSA) is 76.0 Å². The molecule has 6 nitrogen and oxygen atoms in total. The number of hydrogen-bond donors (Lipinski definition) is 2. The van der Waals surface area contributed by atoms with E-state index in [1.165, 1.54) is 4.57 Å². The number of carbonyl (C=O) groups excluding carboxylic acids is 1. The van der Waals surface area contributed by atoms with Crippen molar-refractivity contribution in [3.63, 3.8) is 0 Å². The van der Waals surface area contributed by atoms with Gasteiger partial charge in [-0.15, -0.1) is 0 Å². The van der Waals surface area contributed by atoms with Crippen molar-refractivity contribution in [2.75, 3.05) is 18.9 Å². The van der Waals surface area contributed by atoms with E-state index in [0.717, 1.165) is 0 Å². The summed E-state index contributed by atoms with van der Waals surface area (Å²) in [6.45, 7) is 3.92. The van der Waals surface area contributed by atoms with Crippen molar-refractivity contribution in [2.45, 2.75) is 20.4 Å². The largest absolute Gasteiger partial charge is 0.369 e. The number of nitrogens with one attached hydrogen (secondary N) is 2. The van der Waals surface area contributed by atoms with Crippen LogP contribution in [0.1, 0.15) is 12.6 Å². The molecule has 1 aromatic rings. The molecule has 1 amide bonds. The number of amides is 1. The maximum atomic E-state index is 11.9. The van der Waals surface area contributed by atoms with Crippen LogP contribution in [-0.4, -0.2) is 29.1 Å². The summed E-state index contributed by atoms with van der Waals surface area (Å²) in [7, 11) is 1.58. The monoisotopic (exact) mass is 258 g/mol. The van der Waals surface area contributed by atoms with E-state index in [1.807, 2.05) is 6.92 Å². The smallest absolute Gasteiger partial charge is 0.294 e. The molecule has 0 saturated heterocycles. The Morgan fingerprint density at radius 3 is 2.71 bits per heavy atom. The highest BCUT2D eigenvalue weighted by Gasteiger charge is 2.13. The lowest BCUT2D eigenvalue weighted by Crippen LogP contribution is -2.34. The van der Waals surface area contributed by atoms with Crippen LogP contribution in [0, 0.1) is 6.92 Å². The van der Waals surface area contributed by atoms with Crippen LogP contribution in [-0.2, 0) is 11.3 Å². The first-order valence-corrected chi connectivity index (χ1v) is 5.60. The predicted molar refractivity (Wildman–Crippen MR) is 66.5 cm³/mol. The van der Waals surface area contributed by atoms with E-state index >= 15 is 0 Å². The second-order valence-electron chi connectivity index (χ2n) is 3.43. The second-order valence-corrected chi connectivity index (χ2v) is 3.79. The summed E-state index contributed by atoms with van der Waals surface area (Å²) in [4.78, 5) is 27.3. The molecule has 0 spiro atoms. The number of nitrogens with zero attached hydrogens (tertiary/aromatic N) is 2. The average Bonchev–Trinajstić information content (AvgIpc) is 2.29. The Kier molecular flexibility index (Phi) is 4.51. The first kappa shape index (κ1) is 13.5. The van der Waals surface area contributed by atoms with E-state index in [-0.39, 0.29) is 29.0 Å². The van der Waals surface area contributed by atoms with Gasteiger partial charge in [0.25, 0.3) is 5.56 Å². The van der Waals surface area contributed by atoms with Crippen LogP contribution < -0.4 is 16.2 Å². The number of carbonyl (C=O) groups is 1. The van der Waals surface area contributed by atoms with Gasteiger partial charge in [0, 0.05) is 13.6 Å². The van der Waals surface area contributed by atoms with Crippen LogP contribution in [0.25, 0.3) is 0 Å². The normalized spacial score (nSPS) is 10.1. The van der Waals surface area contributed by atoms with E-state index < -0.39 is 0 Å². The minimum absolute atomic E-state index is 0.0601. The molecule has 0 bridgehead atoms. The summed E-state index contributed by atoms with van der Waals surface area (Å²) in [6, 6.07) is 0. The minimum atomic E-state index is -0.361. The summed E-state index contributed by atoms with van der Waals surface area (Å²) in [5, 5.41) is 5.48. The number of aromatic nitrogens is 2. The molecule has 1 aromatic heterocycles. The van der Waals surface area contributed by atoms with Crippen LogP contribution >= 0.6 is 11.6 Å². The molecule has 1 heterocycles. The second kappa shape index (κ2) is 5.67. The lowest BCUT2D eigenvalue weighted by Gasteiger charge is -2.12. The predicted octanol–water partition coefficient (Wildman–Crippen LogP) is 0.383. The molecule has 0 unspecified atom stereocenters. The Balaban J connectivity index is 3.18. The Morgan fingerprint density at radius 1 is 1.53 bits per heavy atom. The number of rotatable bonds is 4. The van der Waals surface area contributed by atoms with Gasteiger partial charge in [-0.3, -0.25) is 14.2 Å². The van der Waals surface area contributed by atoms with Gasteiger partial charge in [-0.05, 0) is 13.8 Å². The fraction of sp³-hybridized carbons (Fsp3) is 0.500. The highest BCUT2D eigenvalue weighted by atomic mass is 35.5. The van der Waals surface area contributed by atoms with Gasteiger partial charge in [0.1, 0.15) is 6.54 Å². The number of hydrogen-bond acceptors (Lipinski definition) is 4. The van der Waals surface area contributed by atoms with Gasteiger partial charge in [0.05, 0.1) is 5.69 Å². The van der Waals surface area contributed by atoms with Crippen molar-refractivity contribution >= 4 is 23.3 Å². The van der Waals surface area contributed by atoms with E-state index in [2.05, 4.69) is 15.6 Å². The highest BCUT2D eigenvalue weighted by molar-refractivity contribution is 6.30. The Bertz CT molecular complexity index is 484. The molecule has 7 heteroatoms. The number of anilines is 1. The Hall–Kier alpha value is -1.56. The van der Waals surface area contributed by atoms with Gasteiger partial charge >= 0.3 is 0 Å². The summed E-state index contributed by atoms with van der Waals surface area (Å²) in [5.74, 6) is -0.105. The van der Waals surface area contributed by atoms with E-state index in [1.54, 1.807) is 14.0 Å². The summed E-state index contributed by atoms with van der Waals surface area (Å²) in [5.41, 5.74) is 0.113. The van der Waals surface area contributed by atoms with Crippen molar-refractivity contribution < 1.29 is 4.79 Å². The number of likely N-dealkylation sites (N-methyl/N-ethyl adjacent to an activating group) is 1. The van der Waals surface area contributed by atoms with Crippen LogP contribution in [0.15, 0.2) is 4.79 Å². The van der Waals surface area contributed by atoms with E-state index in [4.69, 9.17) is 11.6 Å². The first-order chi connectivity index (χ1) is 8.01. The first-order valence-electron chi connectivity index (χ1n) is 5.22. The van der Waals surface area contributed by atoms with Gasteiger partial charge in [0.15, 0.2) is 11.0 Å². The molecule has 2 N–H and O–H groups in total. The molecule has 0 fully saturated rings. The third kappa shape index (κ3) is 2.97. The van der Waals surface area contributed by atoms with Gasteiger partial charge in [-0.1, -0.05) is 11.6 Å². The maximum Gasteiger partial charge on any atom is 0.294 e. The molecule has 0 radical (unpaired) electrons. The SMILES string of the molecule is CCNC(=O)Cn1c(C)c(Cl)nc(NC)c1=O. The van der Waals surface area contributed by atoms with Crippen LogP contribution in [0.5, 0.6) is 0 Å². The van der Waals surface area contributed by atoms with Gasteiger partial charge in [0.2, 0.25) is 5.91 Å². The average molecular weight is 259 g/mol. The van der Waals surface area contributed by atoms with Crippen molar-refractivity contribution in [1.82, 2.24) is 14.9 Å². The quantitative estimate of drug-likeness (QED) is 0.819. The minimum Gasteiger partial charge on any atom is -0.369 e. The zero-order chi connectivity index (χ0) is 13.0. The third-order valence-corrected chi connectivity index (χ3v) is 2.63. The van der Waals surface area contributed by atoms with E-state index in [9.17, 15) is 9.59 Å². The molecule has 17 heavy (non-hydrogen) atoms. The fourth-order valence-electron chi connectivity index (χ4n) is 1.37. The summed E-state index contributed by atoms with van der Waals surface area (Å²) >= 11 is 5.89. The lowest BCUT2D eigenvalue weighted by molar-refractivity contribution is -0.121. The highest BCUT2D eigenvalue weighted by Crippen LogP contribution is 2.11.